The summed E-state index contributed by atoms with van der Waals surface area (Å²) in [7, 11) is -3.47. The van der Waals surface area contributed by atoms with E-state index in [1.807, 2.05) is 0 Å². The number of sulfone groups is 1. The average molecular weight is 454 g/mol. The van der Waals surface area contributed by atoms with Crippen LogP contribution in [0.4, 0.5) is 5.69 Å². The zero-order valence-electron chi connectivity index (χ0n) is 13.7. The number of carbonyl (C=O) groups excluding carboxylic acids is 1. The van der Waals surface area contributed by atoms with Gasteiger partial charge in [-0.05, 0) is 35.5 Å². The van der Waals surface area contributed by atoms with Crippen LogP contribution in [0.5, 0.6) is 0 Å². The topological polar surface area (TPSA) is 102 Å². The van der Waals surface area contributed by atoms with E-state index in [9.17, 15) is 13.2 Å². The predicted octanol–water partition coefficient (Wildman–Crippen LogP) is 4.54. The lowest BCUT2D eigenvalue weighted by Gasteiger charge is -2.05. The Balaban J connectivity index is 1.52. The maximum atomic E-state index is 12.4. The second-order valence-electron chi connectivity index (χ2n) is 5.58. The highest BCUT2D eigenvalue weighted by Crippen LogP contribution is 2.37. The molecule has 0 atom stereocenters. The Morgan fingerprint density at radius 1 is 1.14 bits per heavy atom. The fourth-order valence-corrected chi connectivity index (χ4v) is 4.96. The van der Waals surface area contributed by atoms with E-state index < -0.39 is 15.7 Å². The van der Waals surface area contributed by atoms with Gasteiger partial charge in [0.25, 0.3) is 11.1 Å². The van der Waals surface area contributed by atoms with Crippen molar-refractivity contribution < 1.29 is 17.6 Å². The molecular weight excluding hydrogens is 445 g/mol. The Bertz CT molecular complexity index is 1220. The number of nitrogens with zero attached hydrogens (tertiary/aromatic N) is 2. The second-order valence-corrected chi connectivity index (χ2v) is 9.16. The number of pyridine rings is 1. The Morgan fingerprint density at radius 3 is 2.64 bits per heavy atom. The van der Waals surface area contributed by atoms with Crippen molar-refractivity contribution in [3.8, 4) is 0 Å². The van der Waals surface area contributed by atoms with Crippen molar-refractivity contribution in [1.29, 1.82) is 0 Å². The Morgan fingerprint density at radius 2 is 1.89 bits per heavy atom. The highest BCUT2D eigenvalue weighted by atomic mass is 35.5. The first-order valence-electron chi connectivity index (χ1n) is 7.65. The molecule has 1 N–H and O–H groups in total. The standard InChI is InChI=1S/C17H9Cl2N3O4S2/c18-11-6-20-7-12(19)15(11)27-17-21-8-13(26-17)16(23)22-10-2-1-9-3-4-28(24,25)14(9)5-10/h1-8H,(H,22,23). The van der Waals surface area contributed by atoms with Gasteiger partial charge in [0.05, 0.1) is 26.0 Å². The molecule has 1 aromatic carbocycles. The summed E-state index contributed by atoms with van der Waals surface area (Å²) in [6.07, 6.45) is 5.63. The maximum absolute atomic E-state index is 12.4. The number of benzene rings is 1. The first-order valence-corrected chi connectivity index (χ1v) is 10.8. The van der Waals surface area contributed by atoms with Crippen LogP contribution in [0.3, 0.4) is 0 Å². The lowest BCUT2D eigenvalue weighted by Crippen LogP contribution is -2.11. The van der Waals surface area contributed by atoms with E-state index in [0.717, 1.165) is 17.2 Å². The fraction of sp³-hybridized carbons (Fsp3) is 0. The number of aromatic nitrogens is 2. The van der Waals surface area contributed by atoms with Crippen LogP contribution in [0.25, 0.3) is 6.08 Å². The van der Waals surface area contributed by atoms with Crippen LogP contribution < -0.4 is 5.32 Å². The molecule has 0 saturated carbocycles. The van der Waals surface area contributed by atoms with Gasteiger partial charge in [0.2, 0.25) is 15.6 Å². The number of nitrogens with one attached hydrogen (secondary N) is 1. The van der Waals surface area contributed by atoms with Gasteiger partial charge in [0.15, 0.2) is 0 Å². The molecule has 0 spiro atoms. The van der Waals surface area contributed by atoms with Crippen LogP contribution in [0, 0.1) is 0 Å². The van der Waals surface area contributed by atoms with Crippen LogP contribution in [-0.4, -0.2) is 24.3 Å². The van der Waals surface area contributed by atoms with Crippen LogP contribution in [0.1, 0.15) is 16.1 Å². The number of anilines is 1. The third kappa shape index (κ3) is 3.66. The summed E-state index contributed by atoms with van der Waals surface area (Å²) in [5, 5.41) is 4.54. The summed E-state index contributed by atoms with van der Waals surface area (Å²) in [6, 6.07) is 4.61. The minimum Gasteiger partial charge on any atom is -0.426 e. The summed E-state index contributed by atoms with van der Waals surface area (Å²) in [5.74, 6) is -0.625. The lowest BCUT2D eigenvalue weighted by molar-refractivity contribution is 0.0991. The van der Waals surface area contributed by atoms with Crippen molar-refractivity contribution in [1.82, 2.24) is 9.97 Å². The zero-order chi connectivity index (χ0) is 19.9. The number of oxazole rings is 1. The van der Waals surface area contributed by atoms with Crippen LogP contribution in [-0.2, 0) is 9.84 Å². The molecule has 11 heteroatoms. The van der Waals surface area contributed by atoms with Gasteiger partial charge < -0.3 is 9.73 Å². The fourth-order valence-electron chi connectivity index (χ4n) is 2.42. The summed E-state index contributed by atoms with van der Waals surface area (Å²) < 4.78 is 29.3. The number of carbonyl (C=O) groups is 1. The minimum absolute atomic E-state index is 0.0507. The van der Waals surface area contributed by atoms with Gasteiger partial charge in [0.1, 0.15) is 0 Å². The molecule has 1 amide bonds. The third-order valence-corrected chi connectivity index (χ3v) is 6.98. The average Bonchev–Trinajstić information content (AvgIpc) is 3.23. The van der Waals surface area contributed by atoms with Crippen molar-refractivity contribution in [3.63, 3.8) is 0 Å². The second kappa shape index (κ2) is 7.25. The lowest BCUT2D eigenvalue weighted by atomic mass is 10.2. The van der Waals surface area contributed by atoms with Crippen molar-refractivity contribution in [2.45, 2.75) is 15.0 Å². The molecule has 0 fully saturated rings. The molecule has 2 aromatic heterocycles. The number of rotatable bonds is 4. The van der Waals surface area contributed by atoms with Crippen LogP contribution in [0.15, 0.2) is 61.6 Å². The molecular formula is C17H9Cl2N3O4S2. The number of hydrogen-bond acceptors (Lipinski definition) is 7. The first-order chi connectivity index (χ1) is 13.3. The van der Waals surface area contributed by atoms with E-state index in [2.05, 4.69) is 15.3 Å². The SMILES string of the molecule is O=C(Nc1ccc2c(c1)S(=O)(=O)C=C2)c1cnc(Sc2c(Cl)cncc2Cl)o1. The summed E-state index contributed by atoms with van der Waals surface area (Å²) in [6.45, 7) is 0. The molecule has 4 rings (SSSR count). The van der Waals surface area contributed by atoms with Crippen molar-refractivity contribution in [2.75, 3.05) is 5.32 Å². The molecule has 0 unspecified atom stereocenters. The van der Waals surface area contributed by atoms with Gasteiger partial charge >= 0.3 is 0 Å². The Kier molecular flexibility index (Phi) is 4.92. The Hall–Kier alpha value is -2.33. The minimum atomic E-state index is -3.47. The van der Waals surface area contributed by atoms with E-state index in [4.69, 9.17) is 27.6 Å². The smallest absolute Gasteiger partial charge is 0.293 e. The van der Waals surface area contributed by atoms with Gasteiger partial charge in [-0.3, -0.25) is 9.78 Å². The summed E-state index contributed by atoms with van der Waals surface area (Å²) in [5.41, 5.74) is 0.893. The molecule has 3 heterocycles. The van der Waals surface area contributed by atoms with Gasteiger partial charge in [0, 0.05) is 23.5 Å². The van der Waals surface area contributed by atoms with Gasteiger partial charge in [-0.1, -0.05) is 29.3 Å². The van der Waals surface area contributed by atoms with Crippen molar-refractivity contribution >= 4 is 62.5 Å². The first kappa shape index (κ1) is 19.0. The molecule has 0 saturated heterocycles. The summed E-state index contributed by atoms with van der Waals surface area (Å²) in [4.78, 5) is 20.9. The molecule has 0 radical (unpaired) electrons. The van der Waals surface area contributed by atoms with E-state index in [-0.39, 0.29) is 15.9 Å². The number of amides is 1. The predicted molar refractivity (Wildman–Crippen MR) is 105 cm³/mol. The number of halogens is 2. The van der Waals surface area contributed by atoms with E-state index in [1.54, 1.807) is 12.1 Å². The van der Waals surface area contributed by atoms with Crippen molar-refractivity contribution in [2.24, 2.45) is 0 Å². The molecule has 3 aromatic rings. The quantitative estimate of drug-likeness (QED) is 0.618. The largest absolute Gasteiger partial charge is 0.426 e. The van der Waals surface area contributed by atoms with Gasteiger partial charge in [-0.2, -0.15) is 0 Å². The zero-order valence-corrected chi connectivity index (χ0v) is 16.9. The highest BCUT2D eigenvalue weighted by molar-refractivity contribution is 7.99. The molecule has 0 aliphatic carbocycles. The molecule has 1 aliphatic heterocycles. The number of fused-ring (bicyclic) bond motifs is 1. The molecule has 7 nitrogen and oxygen atoms in total. The molecule has 1 aliphatic rings. The van der Waals surface area contributed by atoms with E-state index >= 15 is 0 Å². The molecule has 142 valence electrons. The molecule has 28 heavy (non-hydrogen) atoms. The highest BCUT2D eigenvalue weighted by Gasteiger charge is 2.22. The monoisotopic (exact) mass is 453 g/mol. The Labute approximate surface area is 173 Å². The van der Waals surface area contributed by atoms with Crippen LogP contribution >= 0.6 is 35.0 Å². The molecule has 0 bridgehead atoms. The number of hydrogen-bond donors (Lipinski definition) is 1. The van der Waals surface area contributed by atoms with E-state index in [0.29, 0.717) is 26.2 Å². The van der Waals surface area contributed by atoms with Crippen LogP contribution in [0.2, 0.25) is 10.0 Å². The van der Waals surface area contributed by atoms with Crippen molar-refractivity contribution in [3.05, 3.63) is 63.6 Å². The summed E-state index contributed by atoms with van der Waals surface area (Å²) >= 11 is 13.2. The third-order valence-electron chi connectivity index (χ3n) is 3.71. The van der Waals surface area contributed by atoms with Gasteiger partial charge in [-0.15, -0.1) is 0 Å². The van der Waals surface area contributed by atoms with E-state index in [1.165, 1.54) is 30.7 Å². The van der Waals surface area contributed by atoms with Gasteiger partial charge in [-0.25, -0.2) is 13.4 Å². The maximum Gasteiger partial charge on any atom is 0.293 e. The normalized spacial score (nSPS) is 14.1.